The van der Waals surface area contributed by atoms with E-state index in [9.17, 15) is 13.2 Å². The summed E-state index contributed by atoms with van der Waals surface area (Å²) in [6, 6.07) is 4.40. The molecule has 0 bridgehead atoms. The normalized spacial score (nSPS) is 11.7. The van der Waals surface area contributed by atoms with Crippen molar-refractivity contribution in [1.82, 2.24) is 0 Å². The molecular formula is C12H14O5S. The van der Waals surface area contributed by atoms with Gasteiger partial charge in [-0.2, -0.15) is 8.42 Å². The highest BCUT2D eigenvalue weighted by molar-refractivity contribution is 7.85. The van der Waals surface area contributed by atoms with Gasteiger partial charge in [0.25, 0.3) is 10.1 Å². The smallest absolute Gasteiger partial charge is 0.330 e. The van der Waals surface area contributed by atoms with Crippen LogP contribution in [-0.4, -0.2) is 25.5 Å². The maximum absolute atomic E-state index is 11.1. The van der Waals surface area contributed by atoms with Crippen molar-refractivity contribution in [3.05, 3.63) is 35.4 Å². The van der Waals surface area contributed by atoms with Gasteiger partial charge in [0.2, 0.25) is 0 Å². The molecule has 0 aliphatic carbocycles. The van der Waals surface area contributed by atoms with E-state index in [1.54, 1.807) is 26.0 Å². The highest BCUT2D eigenvalue weighted by Crippen LogP contribution is 2.18. The number of ether oxygens (including phenoxy) is 1. The summed E-state index contributed by atoms with van der Waals surface area (Å²) >= 11 is 0. The number of hydrogen-bond donors (Lipinski definition) is 1. The molecule has 0 spiro atoms. The topological polar surface area (TPSA) is 80.7 Å². The number of rotatable bonds is 4. The van der Waals surface area contributed by atoms with Gasteiger partial charge in [-0.05, 0) is 31.6 Å². The van der Waals surface area contributed by atoms with Crippen LogP contribution in [0.1, 0.15) is 18.1 Å². The Morgan fingerprint density at radius 1 is 1.44 bits per heavy atom. The van der Waals surface area contributed by atoms with Gasteiger partial charge in [0.15, 0.2) is 0 Å². The molecular weight excluding hydrogens is 256 g/mol. The second-order valence-electron chi connectivity index (χ2n) is 3.60. The Bertz CT molecular complexity index is 572. The average molecular weight is 270 g/mol. The third-order valence-electron chi connectivity index (χ3n) is 2.13. The number of hydrogen-bond acceptors (Lipinski definition) is 4. The highest BCUT2D eigenvalue weighted by atomic mass is 32.2. The zero-order valence-corrected chi connectivity index (χ0v) is 10.9. The van der Waals surface area contributed by atoms with Crippen molar-refractivity contribution in [2.45, 2.75) is 18.7 Å². The van der Waals surface area contributed by atoms with E-state index in [0.717, 1.165) is 11.6 Å². The van der Waals surface area contributed by atoms with Gasteiger partial charge in [0.1, 0.15) is 4.90 Å². The van der Waals surface area contributed by atoms with Crippen LogP contribution in [0.25, 0.3) is 6.08 Å². The van der Waals surface area contributed by atoms with Crippen LogP contribution in [-0.2, 0) is 19.6 Å². The lowest BCUT2D eigenvalue weighted by Crippen LogP contribution is -2.02. The monoisotopic (exact) mass is 270 g/mol. The Hall–Kier alpha value is -1.66. The zero-order valence-electron chi connectivity index (χ0n) is 10.1. The van der Waals surface area contributed by atoms with Gasteiger partial charge >= 0.3 is 5.97 Å². The summed E-state index contributed by atoms with van der Waals surface area (Å²) in [6.07, 6.45) is 2.42. The van der Waals surface area contributed by atoms with Crippen LogP contribution in [0.5, 0.6) is 0 Å². The Kier molecular flexibility index (Phi) is 4.63. The van der Waals surface area contributed by atoms with Crippen molar-refractivity contribution in [2.24, 2.45) is 0 Å². The van der Waals surface area contributed by atoms with Crippen molar-refractivity contribution >= 4 is 22.2 Å². The molecule has 1 aromatic carbocycles. The number of aryl methyl sites for hydroxylation is 1. The Morgan fingerprint density at radius 2 is 2.11 bits per heavy atom. The minimum atomic E-state index is -4.31. The van der Waals surface area contributed by atoms with E-state index >= 15 is 0 Å². The predicted octanol–water partition coefficient (Wildman–Crippen LogP) is 1.82. The van der Waals surface area contributed by atoms with E-state index in [-0.39, 0.29) is 17.1 Å². The fourth-order valence-corrected chi connectivity index (χ4v) is 2.05. The Balaban J connectivity index is 3.15. The maximum atomic E-state index is 11.1. The first-order valence-corrected chi connectivity index (χ1v) is 6.71. The molecule has 0 aliphatic heterocycles. The van der Waals surface area contributed by atoms with Crippen LogP contribution < -0.4 is 0 Å². The van der Waals surface area contributed by atoms with E-state index in [2.05, 4.69) is 4.74 Å². The first kappa shape index (κ1) is 14.4. The molecule has 0 amide bonds. The van der Waals surface area contributed by atoms with Gasteiger partial charge in [-0.15, -0.1) is 0 Å². The molecule has 0 aliphatic rings. The molecule has 1 N–H and O–H groups in total. The van der Waals surface area contributed by atoms with Crippen LogP contribution in [0.2, 0.25) is 0 Å². The highest BCUT2D eigenvalue weighted by Gasteiger charge is 2.13. The van der Waals surface area contributed by atoms with Crippen molar-refractivity contribution in [2.75, 3.05) is 6.61 Å². The molecule has 1 rings (SSSR count). The van der Waals surface area contributed by atoms with E-state index in [0.29, 0.717) is 0 Å². The van der Waals surface area contributed by atoms with Crippen molar-refractivity contribution in [1.29, 1.82) is 0 Å². The van der Waals surface area contributed by atoms with Crippen LogP contribution in [0.3, 0.4) is 0 Å². The predicted molar refractivity (Wildman–Crippen MR) is 66.7 cm³/mol. The molecule has 0 saturated heterocycles. The minimum absolute atomic E-state index is 0.238. The molecule has 0 aromatic heterocycles. The largest absolute Gasteiger partial charge is 0.463 e. The number of benzene rings is 1. The summed E-state index contributed by atoms with van der Waals surface area (Å²) in [5.74, 6) is -0.569. The van der Waals surface area contributed by atoms with E-state index in [1.165, 1.54) is 12.1 Å². The molecule has 0 fully saturated rings. The van der Waals surface area contributed by atoms with Gasteiger partial charge < -0.3 is 4.74 Å². The van der Waals surface area contributed by atoms with E-state index < -0.39 is 16.1 Å². The molecule has 0 heterocycles. The summed E-state index contributed by atoms with van der Waals surface area (Å²) < 4.78 is 36.0. The van der Waals surface area contributed by atoms with Gasteiger partial charge in [-0.25, -0.2) is 4.79 Å². The molecule has 0 saturated carbocycles. The Morgan fingerprint density at radius 3 is 2.67 bits per heavy atom. The van der Waals surface area contributed by atoms with Gasteiger partial charge in [0, 0.05) is 6.08 Å². The first-order valence-electron chi connectivity index (χ1n) is 5.27. The zero-order chi connectivity index (χ0) is 13.8. The second kappa shape index (κ2) is 5.79. The summed E-state index contributed by atoms with van der Waals surface area (Å²) in [5, 5.41) is 0. The molecule has 0 unspecified atom stereocenters. The summed E-state index contributed by atoms with van der Waals surface area (Å²) in [6.45, 7) is 3.68. The maximum Gasteiger partial charge on any atom is 0.330 e. The SMILES string of the molecule is CCOC(=O)/C=C/c1cc(C)ccc1S(=O)(=O)O. The molecule has 0 atom stereocenters. The molecule has 5 nitrogen and oxygen atoms in total. The summed E-state index contributed by atoms with van der Waals surface area (Å²) in [4.78, 5) is 10.9. The van der Waals surface area contributed by atoms with Crippen LogP contribution in [0.4, 0.5) is 0 Å². The lowest BCUT2D eigenvalue weighted by atomic mass is 10.1. The third kappa shape index (κ3) is 3.97. The third-order valence-corrected chi connectivity index (χ3v) is 3.06. The Labute approximate surface area is 106 Å². The summed E-state index contributed by atoms with van der Waals surface area (Å²) in [7, 11) is -4.31. The van der Waals surface area contributed by atoms with Gasteiger partial charge in [-0.3, -0.25) is 4.55 Å². The fraction of sp³-hybridized carbons (Fsp3) is 0.250. The number of carbonyl (C=O) groups is 1. The van der Waals surface area contributed by atoms with Gasteiger partial charge in [-0.1, -0.05) is 17.7 Å². The molecule has 98 valence electrons. The molecule has 0 radical (unpaired) electrons. The van der Waals surface area contributed by atoms with Crippen LogP contribution >= 0.6 is 0 Å². The summed E-state index contributed by atoms with van der Waals surface area (Å²) in [5.41, 5.74) is 1.05. The van der Waals surface area contributed by atoms with Crippen LogP contribution in [0, 0.1) is 6.92 Å². The van der Waals surface area contributed by atoms with Crippen molar-refractivity contribution in [3.63, 3.8) is 0 Å². The van der Waals surface area contributed by atoms with Gasteiger partial charge in [0.05, 0.1) is 6.61 Å². The minimum Gasteiger partial charge on any atom is -0.463 e. The van der Waals surface area contributed by atoms with Crippen LogP contribution in [0.15, 0.2) is 29.2 Å². The molecule has 18 heavy (non-hydrogen) atoms. The van der Waals surface area contributed by atoms with Crippen molar-refractivity contribution < 1.29 is 22.5 Å². The lowest BCUT2D eigenvalue weighted by molar-refractivity contribution is -0.137. The average Bonchev–Trinajstić information content (AvgIpc) is 2.25. The number of esters is 1. The quantitative estimate of drug-likeness (QED) is 0.513. The standard InChI is InChI=1S/C12H14O5S/c1-3-17-12(13)7-5-10-8-9(2)4-6-11(10)18(14,15)16/h4-8H,3H2,1-2H3,(H,14,15,16)/b7-5+. The molecule has 6 heteroatoms. The van der Waals surface area contributed by atoms with E-state index in [1.807, 2.05) is 0 Å². The second-order valence-corrected chi connectivity index (χ2v) is 4.99. The first-order chi connectivity index (χ1) is 8.34. The number of carbonyl (C=O) groups excluding carboxylic acids is 1. The fourth-order valence-electron chi connectivity index (χ4n) is 1.38. The van der Waals surface area contributed by atoms with E-state index in [4.69, 9.17) is 4.55 Å². The lowest BCUT2D eigenvalue weighted by Gasteiger charge is -2.04. The molecule has 1 aromatic rings. The van der Waals surface area contributed by atoms with Crippen molar-refractivity contribution in [3.8, 4) is 0 Å².